The number of ketones is 4. The molecule has 27 heteroatoms. The van der Waals surface area contributed by atoms with E-state index in [0.717, 1.165) is 174 Å². The Kier molecular flexibility index (Phi) is 27.3. The van der Waals surface area contributed by atoms with Gasteiger partial charge in [0, 0.05) is 64.5 Å². The van der Waals surface area contributed by atoms with Gasteiger partial charge in [-0.25, -0.2) is 9.64 Å². The van der Waals surface area contributed by atoms with Gasteiger partial charge in [0.25, 0.3) is 0 Å². The molecule has 17 fully saturated rings. The third kappa shape index (κ3) is 18.8. The molecule has 26 nitrogen and oxygen atoms in total. The number of fused-ring (bicyclic) bond motifs is 22. The molecule has 37 atom stereocenters. The van der Waals surface area contributed by atoms with Gasteiger partial charge in [-0.15, -0.1) is 11.8 Å². The smallest absolute Gasteiger partial charge is 0.341 e. The molecule has 134 heavy (non-hydrogen) atoms. The van der Waals surface area contributed by atoms with E-state index in [4.69, 9.17) is 11.3 Å². The molecular formula is C107H158N12O14S. The lowest BCUT2D eigenvalue weighted by Crippen LogP contribution is -2.52. The van der Waals surface area contributed by atoms with E-state index >= 15 is 0 Å². The fourth-order valence-electron chi connectivity index (χ4n) is 36.7. The number of likely N-dealkylation sites (N-methyl/N-ethyl adjacent to an activating group) is 1. The lowest BCUT2D eigenvalue weighted by Gasteiger charge is -2.57. The summed E-state index contributed by atoms with van der Waals surface area (Å²) in [6, 6.07) is 0. The van der Waals surface area contributed by atoms with Crippen molar-refractivity contribution in [2.75, 3.05) is 40.0 Å². The van der Waals surface area contributed by atoms with E-state index in [-0.39, 0.29) is 117 Å². The Morgan fingerprint density at radius 2 is 0.843 bits per heavy atom. The maximum atomic E-state index is 13.7. The first-order valence-corrected chi connectivity index (χ1v) is 53.8. The van der Waals surface area contributed by atoms with E-state index in [0.29, 0.717) is 132 Å². The molecule has 1 unspecified atom stereocenters. The minimum atomic E-state index is -0.560. The van der Waals surface area contributed by atoms with E-state index in [2.05, 4.69) is 66.8 Å². The largest absolute Gasteiger partial charge is 0.461 e. The van der Waals surface area contributed by atoms with Crippen LogP contribution in [0.4, 0.5) is 11.4 Å². The van der Waals surface area contributed by atoms with Crippen LogP contribution in [0.2, 0.25) is 0 Å². The third-order valence-electron chi connectivity index (χ3n) is 41.7. The average Bonchev–Trinajstić information content (AvgIpc) is 1.51. The van der Waals surface area contributed by atoms with Crippen molar-refractivity contribution in [1.29, 1.82) is 0 Å². The van der Waals surface area contributed by atoms with Crippen molar-refractivity contribution in [1.82, 2.24) is 44.0 Å². The number of hydrogen-bond donors (Lipinski definition) is 4. The number of ether oxygens (including phenoxy) is 1. The molecule has 17 aliphatic carbocycles. The summed E-state index contributed by atoms with van der Waals surface area (Å²) < 4.78 is 11.8. The lowest BCUT2D eigenvalue weighted by atomic mass is 9.48. The molecule has 0 spiro atoms. The highest BCUT2D eigenvalue weighted by Crippen LogP contribution is 2.76. The Bertz CT molecular complexity index is 5020. The standard InChI is InChI=1S/C30H47N3O4.C26H36N4O4.C26H40N2O2S.C25H35N3O4/c1-19-14-25(26(34)18-33-17-21(16-31-33)28(35)37-13-12-32(4)5)30(3)11-9-23-22-8-10-29(2,36)15-20(22)6-7-24(23)27(19)30;1-25(32)8-6-19-16(11-25)4-5-21-20(19)7-9-26(2)22(10-17(24(21)26)13-30(33)34)23(31)15-29-14-18(27-3)12-28-29;1-16-11-22(23(29)15-28-14-18(31-4)13-27-28)26(3)10-8-20-19-7-9-25(2,30)12-17(19)5-6-21(20)24(16)26;1-24(30)7-5-16-14(10-24)3-4-18-17(16)6-8-25(2)22(18)19-9-20(19)23(25)21(29)13-27-12-15(11-26-27)28(31)32/h16-17,19-20,22-25,27,36H,6-15,18H2,1-5H3;12,14,16-17,19-22,24,32H,4-11,13,15H2,1-2H3;13-14,16-17,19-22,24,30H,5-12,15H2,1-4H3;11-12,14,16-20,22-23,30H,3-10,13H2,1-2H3/t19-,20-,22+,23-,24-,25-,27+,29-,30-;16-,17?,19+,20-,21-,22-,24+,25-,26-;16-,17-,19+,20-,21-,22-,24+,25-,26-;14-,16+,17-,18-,19-,20+,22-,23-,24-,25+/m1111/s1. The molecule has 736 valence electrons. The van der Waals surface area contributed by atoms with Crippen LogP contribution >= 0.6 is 11.8 Å². The highest BCUT2D eigenvalue weighted by Gasteiger charge is 2.72. The molecule has 0 amide bonds. The molecule has 0 saturated heterocycles. The minimum Gasteiger partial charge on any atom is -0.461 e. The fourth-order valence-corrected chi connectivity index (χ4v) is 37.1. The van der Waals surface area contributed by atoms with E-state index in [1.807, 2.05) is 70.0 Å². The van der Waals surface area contributed by atoms with Gasteiger partial charge in [0.15, 0.2) is 23.1 Å². The van der Waals surface area contributed by atoms with Gasteiger partial charge in [-0.1, -0.05) is 41.5 Å². The second-order valence-corrected chi connectivity index (χ2v) is 51.0. The second kappa shape index (κ2) is 37.5. The average molecular weight is 1870 g/mol. The summed E-state index contributed by atoms with van der Waals surface area (Å²) in [6.45, 7) is 31.3. The Labute approximate surface area is 799 Å². The Hall–Kier alpha value is -6.57. The summed E-state index contributed by atoms with van der Waals surface area (Å²) in [5, 5.41) is 82.2. The van der Waals surface area contributed by atoms with Crippen molar-refractivity contribution >= 4 is 52.2 Å². The predicted molar refractivity (Wildman–Crippen MR) is 510 cm³/mol. The monoisotopic (exact) mass is 1870 g/mol. The third-order valence-corrected chi connectivity index (χ3v) is 42.4. The van der Waals surface area contributed by atoms with Gasteiger partial charge in [-0.05, 0) is 417 Å². The SMILES string of the molecule is CSc1cnn(CC(=O)[C@H]2C[C@@H](C)[C@H]3[C@@H]4CC[C@@H]5C[C@](C)(O)CC[C@@H]5[C@H]4CC[C@@]32C)c1.C[C@@H]1C[C@H](C(=O)Cn2cc(C(=O)OCCN(C)C)cn2)[C@@]2(C)CC[C@H]3[C@@H](CC[C@@H]4C[C@](C)(O)CC[C@@H]43)[C@H]12.C[C@@]1(O)CC[C@H]2[C@H](CC[C@@H]3[C@@H]2CC[C@@]2(C)[C@H]3[C@@H]3C[C@@H]3[C@@H]2C(=O)Cn2cc([N+](=O)[O-])cn2)C1.[C-]#[N+]c1cnn(CC(=O)[C@H]2CC(C[N+](=O)[O-])[C@H]3[C@@H]4CC[C@@H]5C[C@](C)(O)CC[C@@H]5[C@H]4CC[C@]23C)c1. The first kappa shape index (κ1) is 97.6. The number of rotatable bonds is 20. The molecule has 17 aliphatic rings. The van der Waals surface area contributed by atoms with Crippen LogP contribution in [0.15, 0.2) is 54.5 Å². The second-order valence-electron chi connectivity index (χ2n) is 50.2. The lowest BCUT2D eigenvalue weighted by molar-refractivity contribution is -0.490. The number of nitrogens with zero attached hydrogens (tertiary/aromatic N) is 12. The molecule has 4 heterocycles. The quantitative estimate of drug-likeness (QED) is 0.0210. The number of carbonyl (C=O) groups is 5. The number of nitro groups is 2. The van der Waals surface area contributed by atoms with Gasteiger partial charge in [-0.2, -0.15) is 20.4 Å². The number of Topliss-reactive ketones (excluding diaryl/α,β-unsaturated/α-hetero) is 4. The molecule has 21 rings (SSSR count). The predicted octanol–water partition coefficient (Wildman–Crippen LogP) is 18.6. The summed E-state index contributed by atoms with van der Waals surface area (Å²) >= 11 is 1.68. The van der Waals surface area contributed by atoms with Crippen LogP contribution in [0.1, 0.15) is 285 Å². The van der Waals surface area contributed by atoms with Crippen LogP contribution in [0.5, 0.6) is 0 Å². The number of aromatic nitrogens is 8. The first-order chi connectivity index (χ1) is 63.5. The van der Waals surface area contributed by atoms with Gasteiger partial charge >= 0.3 is 11.7 Å². The van der Waals surface area contributed by atoms with Crippen LogP contribution < -0.4 is 0 Å². The summed E-state index contributed by atoms with van der Waals surface area (Å²) in [7, 11) is 3.87. The molecule has 4 N–H and O–H groups in total. The van der Waals surface area contributed by atoms with Crippen LogP contribution in [0.25, 0.3) is 4.85 Å². The molecule has 0 aromatic carbocycles. The topological polar surface area (TPSA) is 341 Å². The Balaban J connectivity index is 0.000000120. The molecule has 0 radical (unpaired) electrons. The van der Waals surface area contributed by atoms with Gasteiger partial charge in [0.2, 0.25) is 12.2 Å². The summed E-state index contributed by atoms with van der Waals surface area (Å²) in [5.74, 6) is 16.3. The van der Waals surface area contributed by atoms with E-state index < -0.39 is 27.3 Å². The van der Waals surface area contributed by atoms with Crippen molar-refractivity contribution in [2.45, 2.75) is 328 Å². The Morgan fingerprint density at radius 1 is 0.455 bits per heavy atom. The highest BCUT2D eigenvalue weighted by atomic mass is 32.2. The fraction of sp³-hybridized carbons (Fsp3) is 0.832. The first-order valence-electron chi connectivity index (χ1n) is 52.6. The van der Waals surface area contributed by atoms with E-state index in [1.54, 1.807) is 33.5 Å². The molecule has 0 bridgehead atoms. The maximum absolute atomic E-state index is 13.7. The Morgan fingerprint density at radius 3 is 1.27 bits per heavy atom. The number of carbonyl (C=O) groups excluding carboxylic acids is 5. The maximum Gasteiger partial charge on any atom is 0.341 e. The molecular weight excluding hydrogens is 1710 g/mol. The normalized spacial score (nSPS) is 44.8. The number of aliphatic hydroxyl groups is 4. The minimum absolute atomic E-state index is 0.0474. The van der Waals surface area contributed by atoms with Crippen molar-refractivity contribution in [2.24, 2.45) is 193 Å². The zero-order valence-corrected chi connectivity index (χ0v) is 83.4. The number of esters is 1. The van der Waals surface area contributed by atoms with E-state index in [9.17, 15) is 64.6 Å². The van der Waals surface area contributed by atoms with Crippen molar-refractivity contribution in [3.8, 4) is 0 Å². The van der Waals surface area contributed by atoms with Gasteiger partial charge < -0.3 is 30.1 Å². The van der Waals surface area contributed by atoms with Crippen LogP contribution in [-0.2, 0) is 50.1 Å². The molecule has 17 saturated carbocycles. The van der Waals surface area contributed by atoms with Crippen molar-refractivity contribution < 1.29 is 59.0 Å². The molecule has 0 aliphatic heterocycles. The van der Waals surface area contributed by atoms with Gasteiger partial charge in [0.1, 0.15) is 25.5 Å². The number of thioether (sulfide) groups is 1. The van der Waals surface area contributed by atoms with E-state index in [1.165, 1.54) is 107 Å². The molecule has 4 aromatic heterocycles. The number of hydrogen-bond acceptors (Lipinski definition) is 20. The van der Waals surface area contributed by atoms with Gasteiger partial charge in [0.05, 0.1) is 77.7 Å². The van der Waals surface area contributed by atoms with Crippen molar-refractivity contribution in [3.63, 3.8) is 0 Å². The highest BCUT2D eigenvalue weighted by molar-refractivity contribution is 7.98. The zero-order chi connectivity index (χ0) is 95.2. The van der Waals surface area contributed by atoms with Gasteiger partial charge in [-0.3, -0.25) is 58.1 Å². The van der Waals surface area contributed by atoms with Crippen molar-refractivity contribution in [3.05, 3.63) is 86.8 Å². The summed E-state index contributed by atoms with van der Waals surface area (Å²) in [6.07, 6.45) is 49.6. The molecule has 4 aromatic rings. The summed E-state index contributed by atoms with van der Waals surface area (Å²) in [5.41, 5.74) is -1.16. The van der Waals surface area contributed by atoms with Crippen LogP contribution in [0, 0.1) is 220 Å². The van der Waals surface area contributed by atoms with Crippen LogP contribution in [-0.4, -0.2) is 166 Å². The zero-order valence-electron chi connectivity index (χ0n) is 82.6. The van der Waals surface area contributed by atoms with Crippen LogP contribution in [0.3, 0.4) is 0 Å². The summed E-state index contributed by atoms with van der Waals surface area (Å²) in [4.78, 5) is 95.0.